The fourth-order valence-corrected chi connectivity index (χ4v) is 1.13. The molecule has 0 radical (unpaired) electrons. The molecule has 2 heterocycles. The van der Waals surface area contributed by atoms with Crippen molar-refractivity contribution in [2.75, 3.05) is 19.8 Å². The van der Waals surface area contributed by atoms with Gasteiger partial charge in [-0.15, -0.1) is 0 Å². The molecule has 1 unspecified atom stereocenters. The number of hydrogen-bond donors (Lipinski definition) is 1. The third-order valence-electron chi connectivity index (χ3n) is 1.70. The highest BCUT2D eigenvalue weighted by atomic mass is 16.5. The molecule has 6 heteroatoms. The predicted molar refractivity (Wildman–Crippen MR) is 38.5 cm³/mol. The lowest BCUT2D eigenvalue weighted by Gasteiger charge is -2.15. The topological polar surface area (TPSA) is 75.0 Å². The number of nitrogens with zero attached hydrogens (tertiary/aromatic N) is 2. The monoisotopic (exact) mass is 170 g/mol. The van der Waals surface area contributed by atoms with Gasteiger partial charge in [0.15, 0.2) is 5.27 Å². The summed E-state index contributed by atoms with van der Waals surface area (Å²) in [4.78, 5) is 0. The summed E-state index contributed by atoms with van der Waals surface area (Å²) in [5.41, 5.74) is 7.12. The van der Waals surface area contributed by atoms with Gasteiger partial charge in [-0.3, -0.25) is 5.32 Å². The normalized spacial score (nSPS) is 24.2. The van der Waals surface area contributed by atoms with Gasteiger partial charge in [-0.25, -0.2) is 0 Å². The standard InChI is InChI=1S/C6H10N4O2/c7-5-3-10(9-12-5)6-4-11-2-1-8-6/h3,6-8H,1-2,4H2. The number of rotatable bonds is 1. The van der Waals surface area contributed by atoms with Crippen LogP contribution in [0.1, 0.15) is 6.17 Å². The van der Waals surface area contributed by atoms with Gasteiger partial charge < -0.3 is 15.0 Å². The van der Waals surface area contributed by atoms with Gasteiger partial charge in [-0.1, -0.05) is 0 Å². The van der Waals surface area contributed by atoms with Crippen LogP contribution in [-0.4, -0.2) is 25.0 Å². The van der Waals surface area contributed by atoms with E-state index in [4.69, 9.17) is 10.5 Å². The van der Waals surface area contributed by atoms with E-state index in [9.17, 15) is 0 Å². The molecule has 0 aliphatic carbocycles. The lowest BCUT2D eigenvalue weighted by molar-refractivity contribution is -0.792. The molecule has 0 aromatic carbocycles. The molecule has 0 saturated carbocycles. The minimum atomic E-state index is 0.00148. The summed E-state index contributed by atoms with van der Waals surface area (Å²) >= 11 is 0. The maximum absolute atomic E-state index is 7.12. The van der Waals surface area contributed by atoms with Gasteiger partial charge in [0.25, 0.3) is 6.17 Å². The van der Waals surface area contributed by atoms with Crippen molar-refractivity contribution in [2.45, 2.75) is 6.17 Å². The summed E-state index contributed by atoms with van der Waals surface area (Å²) in [6, 6.07) is 0. The molecule has 0 amide bonds. The van der Waals surface area contributed by atoms with E-state index in [1.165, 1.54) is 6.20 Å². The second-order valence-electron chi connectivity index (χ2n) is 2.59. The molecule has 2 rings (SSSR count). The Balaban J connectivity index is 2.08. The van der Waals surface area contributed by atoms with Crippen molar-refractivity contribution in [3.63, 3.8) is 0 Å². The molecule has 1 aromatic heterocycles. The zero-order chi connectivity index (χ0) is 8.39. The molecule has 1 saturated heterocycles. The van der Waals surface area contributed by atoms with Crippen LogP contribution in [0.15, 0.2) is 10.7 Å². The molecule has 0 bridgehead atoms. The van der Waals surface area contributed by atoms with Gasteiger partial charge in [0.2, 0.25) is 6.20 Å². The Hall–Kier alpha value is -1.14. The van der Waals surface area contributed by atoms with E-state index in [2.05, 4.69) is 15.1 Å². The quantitative estimate of drug-likeness (QED) is 0.590. The molecular formula is C6H10N4O2. The van der Waals surface area contributed by atoms with Crippen LogP contribution in [-0.2, 0) is 4.74 Å². The van der Waals surface area contributed by atoms with Gasteiger partial charge in [0, 0.05) is 6.54 Å². The average molecular weight is 170 g/mol. The van der Waals surface area contributed by atoms with Gasteiger partial charge in [0.05, 0.1) is 6.61 Å². The summed E-state index contributed by atoms with van der Waals surface area (Å²) in [7, 11) is 0. The van der Waals surface area contributed by atoms with Gasteiger partial charge in [-0.05, 0) is 4.68 Å². The van der Waals surface area contributed by atoms with E-state index in [0.717, 1.165) is 13.2 Å². The van der Waals surface area contributed by atoms with Gasteiger partial charge in [0.1, 0.15) is 12.5 Å². The van der Waals surface area contributed by atoms with Crippen molar-refractivity contribution in [1.82, 2.24) is 10.6 Å². The largest absolute Gasteiger partial charge is 0.660 e. The SMILES string of the molecule is [NH-]c1c[n+](C2COCCN2)no1. The maximum Gasteiger partial charge on any atom is 0.264 e. The number of hydrogen-bond acceptors (Lipinski definition) is 4. The Morgan fingerprint density at radius 3 is 3.25 bits per heavy atom. The second kappa shape index (κ2) is 3.08. The molecule has 1 fully saturated rings. The minimum absolute atomic E-state index is 0.00148. The van der Waals surface area contributed by atoms with Gasteiger partial charge in [-0.2, -0.15) is 0 Å². The van der Waals surface area contributed by atoms with Crippen LogP contribution < -0.4 is 10.00 Å². The Bertz CT molecular complexity index is 256. The summed E-state index contributed by atoms with van der Waals surface area (Å²) in [6.45, 7) is 2.09. The summed E-state index contributed by atoms with van der Waals surface area (Å²) in [6.07, 6.45) is 1.52. The van der Waals surface area contributed by atoms with E-state index >= 15 is 0 Å². The average Bonchev–Trinajstić information content (AvgIpc) is 2.54. The van der Waals surface area contributed by atoms with Crippen LogP contribution in [0, 0.1) is 0 Å². The lowest BCUT2D eigenvalue weighted by Crippen LogP contribution is -2.54. The van der Waals surface area contributed by atoms with Crippen molar-refractivity contribution in [1.29, 1.82) is 0 Å². The number of aromatic nitrogens is 2. The molecule has 1 aromatic rings. The van der Waals surface area contributed by atoms with E-state index in [0.29, 0.717) is 6.61 Å². The third-order valence-corrected chi connectivity index (χ3v) is 1.70. The number of ether oxygens (including phenoxy) is 1. The molecule has 2 N–H and O–H groups in total. The first kappa shape index (κ1) is 7.51. The highest BCUT2D eigenvalue weighted by molar-refractivity contribution is 5.19. The number of morpholine rings is 1. The zero-order valence-electron chi connectivity index (χ0n) is 6.49. The van der Waals surface area contributed by atoms with Crippen LogP contribution >= 0.6 is 0 Å². The molecule has 12 heavy (non-hydrogen) atoms. The Morgan fingerprint density at radius 1 is 1.75 bits per heavy atom. The van der Waals surface area contributed by atoms with Crippen LogP contribution in [0.3, 0.4) is 0 Å². The van der Waals surface area contributed by atoms with Gasteiger partial charge >= 0.3 is 0 Å². The second-order valence-corrected chi connectivity index (χ2v) is 2.59. The van der Waals surface area contributed by atoms with E-state index in [-0.39, 0.29) is 12.0 Å². The Labute approximate surface area is 69.3 Å². The predicted octanol–water partition coefficient (Wildman–Crippen LogP) is -0.236. The zero-order valence-corrected chi connectivity index (χ0v) is 6.49. The highest BCUT2D eigenvalue weighted by Crippen LogP contribution is 2.04. The van der Waals surface area contributed by atoms with E-state index < -0.39 is 0 Å². The molecule has 1 atom stereocenters. The van der Waals surface area contributed by atoms with Crippen LogP contribution in [0.5, 0.6) is 0 Å². The fourth-order valence-electron chi connectivity index (χ4n) is 1.13. The van der Waals surface area contributed by atoms with E-state index in [1.54, 1.807) is 4.68 Å². The van der Waals surface area contributed by atoms with Crippen molar-refractivity contribution in [2.24, 2.45) is 0 Å². The molecule has 6 nitrogen and oxygen atoms in total. The molecule has 1 aliphatic heterocycles. The molecule has 66 valence electrons. The Kier molecular flexibility index (Phi) is 1.92. The van der Waals surface area contributed by atoms with Crippen molar-refractivity contribution >= 4 is 5.88 Å². The first-order valence-corrected chi connectivity index (χ1v) is 3.77. The fraction of sp³-hybridized carbons (Fsp3) is 0.667. The summed E-state index contributed by atoms with van der Waals surface area (Å²) in [5.74, 6) is 0.0578. The minimum Gasteiger partial charge on any atom is -0.660 e. The van der Waals surface area contributed by atoms with Crippen LogP contribution in [0.4, 0.5) is 5.88 Å². The first-order chi connectivity index (χ1) is 5.86. The summed E-state index contributed by atoms with van der Waals surface area (Å²) < 4.78 is 11.4. The summed E-state index contributed by atoms with van der Waals surface area (Å²) in [5, 5.41) is 6.83. The molecule has 0 spiro atoms. The third kappa shape index (κ3) is 1.39. The van der Waals surface area contributed by atoms with Crippen molar-refractivity contribution < 1.29 is 13.9 Å². The maximum atomic E-state index is 7.12. The van der Waals surface area contributed by atoms with Crippen LogP contribution in [0.2, 0.25) is 0 Å². The van der Waals surface area contributed by atoms with Crippen LogP contribution in [0.25, 0.3) is 5.73 Å². The highest BCUT2D eigenvalue weighted by Gasteiger charge is 2.24. The number of nitrogens with one attached hydrogen (secondary N) is 2. The lowest BCUT2D eigenvalue weighted by atomic mass is 10.4. The molecular weight excluding hydrogens is 160 g/mol. The smallest absolute Gasteiger partial charge is 0.264 e. The molecule has 1 aliphatic rings. The van der Waals surface area contributed by atoms with E-state index in [1.807, 2.05) is 0 Å². The first-order valence-electron chi connectivity index (χ1n) is 3.77. The van der Waals surface area contributed by atoms with Crippen molar-refractivity contribution in [3.8, 4) is 0 Å². The van der Waals surface area contributed by atoms with Crippen molar-refractivity contribution in [3.05, 3.63) is 11.9 Å². The Morgan fingerprint density at radius 2 is 2.67 bits per heavy atom.